The first kappa shape index (κ1) is 17.4. The van der Waals surface area contributed by atoms with Crippen molar-refractivity contribution in [2.24, 2.45) is 0 Å². The second-order valence-corrected chi connectivity index (χ2v) is 7.66. The van der Waals surface area contributed by atoms with Crippen LogP contribution in [0, 0.1) is 0 Å². The van der Waals surface area contributed by atoms with Crippen LogP contribution in [0.25, 0.3) is 0 Å². The van der Waals surface area contributed by atoms with Gasteiger partial charge in [0.2, 0.25) is 10.0 Å². The Hall–Kier alpha value is 0.340. The Kier molecular flexibility index (Phi) is 7.28. The van der Waals surface area contributed by atoms with Gasteiger partial charge in [-0.3, -0.25) is 0 Å². The average molecular weight is 436 g/mol. The van der Waals surface area contributed by atoms with Crippen molar-refractivity contribution in [1.82, 2.24) is 4.72 Å². The van der Waals surface area contributed by atoms with E-state index in [9.17, 15) is 8.42 Å². The van der Waals surface area contributed by atoms with Crippen LogP contribution in [0.15, 0.2) is 32.0 Å². The van der Waals surface area contributed by atoms with Crippen LogP contribution in [0.5, 0.6) is 0 Å². The van der Waals surface area contributed by atoms with Gasteiger partial charge in [-0.15, -0.1) is 11.6 Å². The highest BCUT2D eigenvalue weighted by atomic mass is 79.9. The minimum absolute atomic E-state index is 0.178. The number of methoxy groups -OCH3 is 1. The van der Waals surface area contributed by atoms with Crippen LogP contribution in [0.2, 0.25) is 0 Å². The molecule has 1 unspecified atom stereocenters. The van der Waals surface area contributed by atoms with Crippen LogP contribution in [-0.4, -0.2) is 34.1 Å². The van der Waals surface area contributed by atoms with Crippen LogP contribution >= 0.6 is 43.5 Å². The lowest BCUT2D eigenvalue weighted by Gasteiger charge is -2.17. The van der Waals surface area contributed by atoms with E-state index in [0.717, 1.165) is 0 Å². The summed E-state index contributed by atoms with van der Waals surface area (Å²) in [4.78, 5) is 0.178. The zero-order valence-electron chi connectivity index (χ0n) is 10.2. The number of ether oxygens (including phenoxy) is 1. The van der Waals surface area contributed by atoms with E-state index in [-0.39, 0.29) is 17.5 Å². The lowest BCUT2D eigenvalue weighted by atomic mass is 10.3. The average Bonchev–Trinajstić information content (AvgIpc) is 2.32. The molecule has 0 bridgehead atoms. The Morgan fingerprint density at radius 3 is 2.68 bits per heavy atom. The fraction of sp³-hybridized carbons (Fsp3) is 0.455. The number of hydrogen-bond donors (Lipinski definition) is 1. The molecule has 0 aliphatic rings. The molecule has 1 aromatic rings. The molecule has 0 aliphatic carbocycles. The molecule has 0 amide bonds. The highest BCUT2D eigenvalue weighted by Crippen LogP contribution is 2.25. The van der Waals surface area contributed by atoms with E-state index in [2.05, 4.69) is 36.6 Å². The van der Waals surface area contributed by atoms with Crippen molar-refractivity contribution in [1.29, 1.82) is 0 Å². The number of halogens is 3. The molecule has 1 rings (SSSR count). The van der Waals surface area contributed by atoms with Crippen LogP contribution in [0.4, 0.5) is 0 Å². The van der Waals surface area contributed by atoms with Gasteiger partial charge in [0.05, 0.1) is 11.5 Å². The van der Waals surface area contributed by atoms with E-state index in [1.165, 1.54) is 13.2 Å². The van der Waals surface area contributed by atoms with Gasteiger partial charge in [0.25, 0.3) is 0 Å². The Labute approximate surface area is 135 Å². The van der Waals surface area contributed by atoms with E-state index < -0.39 is 10.0 Å². The van der Waals surface area contributed by atoms with Crippen molar-refractivity contribution >= 4 is 53.5 Å². The largest absolute Gasteiger partial charge is 0.383 e. The number of hydrogen-bond acceptors (Lipinski definition) is 3. The van der Waals surface area contributed by atoms with Gasteiger partial charge < -0.3 is 4.74 Å². The van der Waals surface area contributed by atoms with E-state index in [1.54, 1.807) is 12.1 Å². The molecular weight excluding hydrogens is 421 g/mol. The van der Waals surface area contributed by atoms with E-state index >= 15 is 0 Å². The van der Waals surface area contributed by atoms with E-state index in [4.69, 9.17) is 16.3 Å². The third-order valence-corrected chi connectivity index (χ3v) is 5.56. The first-order chi connectivity index (χ1) is 8.90. The summed E-state index contributed by atoms with van der Waals surface area (Å²) in [6, 6.07) is 4.62. The summed E-state index contributed by atoms with van der Waals surface area (Å²) in [6.07, 6.45) is 0.500. The highest BCUT2D eigenvalue weighted by Gasteiger charge is 2.22. The predicted molar refractivity (Wildman–Crippen MR) is 83.2 cm³/mol. The van der Waals surface area contributed by atoms with Gasteiger partial charge >= 0.3 is 0 Å². The van der Waals surface area contributed by atoms with Crippen molar-refractivity contribution in [3.63, 3.8) is 0 Å². The van der Waals surface area contributed by atoms with Crippen molar-refractivity contribution in [2.45, 2.75) is 17.4 Å². The first-order valence-electron chi connectivity index (χ1n) is 5.43. The molecule has 0 aromatic heterocycles. The van der Waals surface area contributed by atoms with Gasteiger partial charge in [-0.2, -0.15) is 0 Å². The number of alkyl halides is 1. The second kappa shape index (κ2) is 7.95. The molecule has 1 aromatic carbocycles. The normalized spacial score (nSPS) is 13.5. The molecule has 0 spiro atoms. The van der Waals surface area contributed by atoms with Gasteiger partial charge in [0, 0.05) is 28.0 Å². The minimum atomic E-state index is -3.62. The molecule has 8 heteroatoms. The second-order valence-electron chi connectivity index (χ2n) is 3.83. The summed E-state index contributed by atoms with van der Waals surface area (Å²) < 4.78 is 33.4. The summed E-state index contributed by atoms with van der Waals surface area (Å²) in [6.45, 7) is 0.275. The third-order valence-electron chi connectivity index (χ3n) is 2.33. The van der Waals surface area contributed by atoms with Crippen molar-refractivity contribution < 1.29 is 13.2 Å². The Bertz CT molecular complexity index is 519. The molecule has 0 radical (unpaired) electrons. The number of sulfonamides is 1. The molecule has 1 N–H and O–H groups in total. The molecule has 0 fully saturated rings. The van der Waals surface area contributed by atoms with Gasteiger partial charge in [-0.1, -0.05) is 15.9 Å². The van der Waals surface area contributed by atoms with Crippen LogP contribution in [0.1, 0.15) is 6.42 Å². The quantitative estimate of drug-likeness (QED) is 0.670. The van der Waals surface area contributed by atoms with Crippen LogP contribution in [-0.2, 0) is 14.8 Å². The third kappa shape index (κ3) is 5.32. The van der Waals surface area contributed by atoms with E-state index in [1.807, 2.05) is 0 Å². The van der Waals surface area contributed by atoms with Gasteiger partial charge in [-0.05, 0) is 40.5 Å². The lowest BCUT2D eigenvalue weighted by molar-refractivity contribution is 0.173. The maximum absolute atomic E-state index is 12.3. The molecule has 19 heavy (non-hydrogen) atoms. The lowest BCUT2D eigenvalue weighted by Crippen LogP contribution is -2.38. The van der Waals surface area contributed by atoms with Crippen molar-refractivity contribution in [2.75, 3.05) is 19.6 Å². The standard InChI is InChI=1S/C11H14Br2ClNO3S/c1-18-7-9(4-5-14)15-19(16,17)11-6-8(12)2-3-10(11)13/h2-3,6,9,15H,4-5,7H2,1H3. The summed E-state index contributed by atoms with van der Waals surface area (Å²) in [5.74, 6) is 0.357. The Morgan fingerprint density at radius 2 is 2.11 bits per heavy atom. The monoisotopic (exact) mass is 433 g/mol. The number of rotatable bonds is 7. The maximum atomic E-state index is 12.3. The van der Waals surface area contributed by atoms with Gasteiger partial charge in [0.15, 0.2) is 0 Å². The Morgan fingerprint density at radius 1 is 1.42 bits per heavy atom. The molecule has 0 saturated heterocycles. The van der Waals surface area contributed by atoms with Gasteiger partial charge in [0.1, 0.15) is 0 Å². The number of nitrogens with one attached hydrogen (secondary N) is 1. The summed E-state index contributed by atoms with van der Waals surface area (Å²) in [7, 11) is -2.10. The van der Waals surface area contributed by atoms with Crippen LogP contribution in [0.3, 0.4) is 0 Å². The zero-order chi connectivity index (χ0) is 14.5. The van der Waals surface area contributed by atoms with Crippen LogP contribution < -0.4 is 4.72 Å². The molecule has 108 valence electrons. The molecule has 0 aliphatic heterocycles. The van der Waals surface area contributed by atoms with Crippen molar-refractivity contribution in [3.05, 3.63) is 27.1 Å². The molecule has 0 heterocycles. The number of benzene rings is 1. The van der Waals surface area contributed by atoms with Crippen molar-refractivity contribution in [3.8, 4) is 0 Å². The summed E-state index contributed by atoms with van der Waals surface area (Å²) in [5, 5.41) is 0. The molecule has 1 atom stereocenters. The first-order valence-corrected chi connectivity index (χ1v) is 9.03. The maximum Gasteiger partial charge on any atom is 0.242 e. The zero-order valence-corrected chi connectivity index (χ0v) is 14.9. The minimum Gasteiger partial charge on any atom is -0.383 e. The fourth-order valence-electron chi connectivity index (χ4n) is 1.48. The Balaban J connectivity index is 2.99. The topological polar surface area (TPSA) is 55.4 Å². The fourth-order valence-corrected chi connectivity index (χ4v) is 4.50. The molecule has 4 nitrogen and oxygen atoms in total. The SMILES string of the molecule is COCC(CCCl)NS(=O)(=O)c1cc(Br)ccc1Br. The smallest absolute Gasteiger partial charge is 0.242 e. The summed E-state index contributed by atoms with van der Waals surface area (Å²) >= 11 is 12.2. The van der Waals surface area contributed by atoms with Gasteiger partial charge in [-0.25, -0.2) is 13.1 Å². The molecule has 0 saturated carbocycles. The molecular formula is C11H14Br2ClNO3S. The predicted octanol–water partition coefficient (Wildman–Crippen LogP) is 3.13. The summed E-state index contributed by atoms with van der Waals surface area (Å²) in [5.41, 5.74) is 0. The highest BCUT2D eigenvalue weighted by molar-refractivity contribution is 9.11. The van der Waals surface area contributed by atoms with E-state index in [0.29, 0.717) is 21.2 Å².